The second-order valence-electron chi connectivity index (χ2n) is 12.8. The molecule has 0 bridgehead atoms. The monoisotopic (exact) mass is 612 g/mol. The van der Waals surface area contributed by atoms with Crippen molar-refractivity contribution in [1.29, 1.82) is 0 Å². The van der Waals surface area contributed by atoms with Gasteiger partial charge in [-0.25, -0.2) is 9.67 Å². The Hall–Kier alpha value is -5.88. The molecule has 2 unspecified atom stereocenters. The van der Waals surface area contributed by atoms with E-state index in [2.05, 4.69) is 115 Å². The molecule has 0 N–H and O–H groups in total. The highest BCUT2D eigenvalue weighted by Gasteiger charge is 2.43. The molecule has 0 amide bonds. The highest BCUT2D eigenvalue weighted by atomic mass is 16.5. The molecule has 2 atom stereocenters. The summed E-state index contributed by atoms with van der Waals surface area (Å²) in [6, 6.07) is 35.3. The summed E-state index contributed by atoms with van der Waals surface area (Å²) in [6.07, 6.45) is 14.3. The number of benzene rings is 4. The molecule has 1 aliphatic heterocycles. The van der Waals surface area contributed by atoms with Crippen LogP contribution in [0.2, 0.25) is 0 Å². The minimum absolute atomic E-state index is 0.0164. The lowest BCUT2D eigenvalue weighted by Gasteiger charge is -2.44. The van der Waals surface area contributed by atoms with Crippen molar-refractivity contribution in [3.05, 3.63) is 152 Å². The Balaban J connectivity index is 1.08. The van der Waals surface area contributed by atoms with Crippen LogP contribution in [0.4, 0.5) is 0 Å². The van der Waals surface area contributed by atoms with Gasteiger partial charge in [0.15, 0.2) is 0 Å². The molecule has 1 aliphatic carbocycles. The van der Waals surface area contributed by atoms with Gasteiger partial charge in [0, 0.05) is 63.5 Å². The number of ether oxygens (including phenoxy) is 2. The molecular formula is C41H32N4O2. The first-order chi connectivity index (χ1) is 23.0. The summed E-state index contributed by atoms with van der Waals surface area (Å²) in [5.74, 6) is 3.62. The number of pyridine rings is 1. The smallest absolute Gasteiger partial charge is 0.137 e. The van der Waals surface area contributed by atoms with Crippen LogP contribution in [0.15, 0.2) is 146 Å². The van der Waals surface area contributed by atoms with Gasteiger partial charge < -0.3 is 9.47 Å². The average Bonchev–Trinajstić information content (AvgIpc) is 3.76. The summed E-state index contributed by atoms with van der Waals surface area (Å²) in [7, 11) is 0. The quantitative estimate of drug-likeness (QED) is 0.194. The largest absolute Gasteiger partial charge is 0.485 e. The van der Waals surface area contributed by atoms with E-state index in [0.29, 0.717) is 5.92 Å². The molecule has 4 heterocycles. The Morgan fingerprint density at radius 2 is 1.62 bits per heavy atom. The van der Waals surface area contributed by atoms with Crippen molar-refractivity contribution in [2.75, 3.05) is 0 Å². The number of fused-ring (bicyclic) bond motifs is 5. The van der Waals surface area contributed by atoms with Crippen LogP contribution in [-0.2, 0) is 5.41 Å². The Morgan fingerprint density at radius 1 is 0.766 bits per heavy atom. The van der Waals surface area contributed by atoms with E-state index >= 15 is 0 Å². The van der Waals surface area contributed by atoms with Crippen molar-refractivity contribution >= 4 is 21.8 Å². The molecule has 0 fully saturated rings. The van der Waals surface area contributed by atoms with Gasteiger partial charge in [-0.1, -0.05) is 74.5 Å². The molecular weight excluding hydrogens is 580 g/mol. The van der Waals surface area contributed by atoms with Crippen molar-refractivity contribution < 1.29 is 9.47 Å². The number of para-hydroxylation sites is 2. The predicted molar refractivity (Wildman–Crippen MR) is 187 cm³/mol. The minimum Gasteiger partial charge on any atom is -0.485 e. The lowest BCUT2D eigenvalue weighted by molar-refractivity contribution is 0.123. The average molecular weight is 613 g/mol. The van der Waals surface area contributed by atoms with Gasteiger partial charge in [-0.05, 0) is 60.7 Å². The van der Waals surface area contributed by atoms with Gasteiger partial charge in [0.05, 0.1) is 16.7 Å². The topological polar surface area (TPSA) is 54.1 Å². The molecule has 6 heteroatoms. The number of nitrogens with zero attached hydrogens (tertiary/aromatic N) is 4. The summed E-state index contributed by atoms with van der Waals surface area (Å²) in [5, 5.41) is 6.59. The fraction of sp³-hybridized carbons (Fsp3) is 0.122. The van der Waals surface area contributed by atoms with Gasteiger partial charge in [0.2, 0.25) is 0 Å². The maximum Gasteiger partial charge on any atom is 0.137 e. The van der Waals surface area contributed by atoms with Gasteiger partial charge in [0.25, 0.3) is 0 Å². The summed E-state index contributed by atoms with van der Waals surface area (Å²) >= 11 is 0. The third kappa shape index (κ3) is 4.48. The SMILES string of the molecule is CC1(C)c2cccc(-c3ccc(-n4c5ccccc5c5cc(Oc6cccc(-n7cccn7)c6)ccc54)nc3)c2OC2C=CC=CC21. The first-order valence-electron chi connectivity index (χ1n) is 16.0. The number of aromatic nitrogens is 4. The molecule has 0 radical (unpaired) electrons. The summed E-state index contributed by atoms with van der Waals surface area (Å²) in [4.78, 5) is 5.03. The molecule has 6 nitrogen and oxygen atoms in total. The van der Waals surface area contributed by atoms with Gasteiger partial charge >= 0.3 is 0 Å². The zero-order valence-corrected chi connectivity index (χ0v) is 26.1. The van der Waals surface area contributed by atoms with Crippen LogP contribution in [-0.4, -0.2) is 25.4 Å². The van der Waals surface area contributed by atoms with Gasteiger partial charge in [-0.2, -0.15) is 5.10 Å². The Bertz CT molecular complexity index is 2350. The van der Waals surface area contributed by atoms with Crippen molar-refractivity contribution in [2.45, 2.75) is 25.4 Å². The summed E-state index contributed by atoms with van der Waals surface area (Å²) in [6.45, 7) is 4.63. The van der Waals surface area contributed by atoms with E-state index in [1.807, 2.05) is 53.5 Å². The third-order valence-corrected chi connectivity index (χ3v) is 9.64. The molecule has 47 heavy (non-hydrogen) atoms. The van der Waals surface area contributed by atoms with Crippen LogP contribution in [0.25, 0.3) is 44.4 Å². The van der Waals surface area contributed by atoms with E-state index in [9.17, 15) is 0 Å². The van der Waals surface area contributed by atoms with E-state index in [4.69, 9.17) is 14.5 Å². The standard InChI is InChI=1S/C41H32N4O2/c1-41(2)34-14-4-6-17-38(34)47-40-31(13-8-15-35(40)41)27-18-21-39(42-26-27)45-36-16-5-3-12-32(36)33-25-30(19-20-37(33)45)46-29-11-7-10-28(24-29)44-23-9-22-43-44/h3-26,34,38H,1-2H3. The van der Waals surface area contributed by atoms with Crippen LogP contribution < -0.4 is 9.47 Å². The Kier molecular flexibility index (Phi) is 6.18. The van der Waals surface area contributed by atoms with Gasteiger partial charge in [-0.15, -0.1) is 0 Å². The fourth-order valence-corrected chi connectivity index (χ4v) is 7.25. The number of allylic oxidation sites excluding steroid dienone is 2. The van der Waals surface area contributed by atoms with Crippen molar-refractivity contribution in [2.24, 2.45) is 5.92 Å². The van der Waals surface area contributed by atoms with E-state index in [-0.39, 0.29) is 11.5 Å². The number of rotatable bonds is 5. The lowest BCUT2D eigenvalue weighted by Crippen LogP contribution is -2.43. The molecule has 2 aliphatic rings. The number of hydrogen-bond acceptors (Lipinski definition) is 4. The number of hydrogen-bond donors (Lipinski definition) is 0. The van der Waals surface area contributed by atoms with Gasteiger partial charge in [-0.3, -0.25) is 4.57 Å². The highest BCUT2D eigenvalue weighted by molar-refractivity contribution is 6.09. The maximum absolute atomic E-state index is 6.67. The van der Waals surface area contributed by atoms with Crippen molar-refractivity contribution in [1.82, 2.24) is 19.3 Å². The molecule has 0 spiro atoms. The van der Waals surface area contributed by atoms with E-state index in [1.54, 1.807) is 6.20 Å². The molecule has 0 saturated carbocycles. The predicted octanol–water partition coefficient (Wildman–Crippen LogP) is 9.60. The first-order valence-corrected chi connectivity index (χ1v) is 16.0. The van der Waals surface area contributed by atoms with Crippen LogP contribution in [0.5, 0.6) is 17.2 Å². The lowest BCUT2D eigenvalue weighted by atomic mass is 9.67. The molecule has 4 aromatic carbocycles. The zero-order valence-electron chi connectivity index (χ0n) is 26.1. The first kappa shape index (κ1) is 27.4. The van der Waals surface area contributed by atoms with Crippen LogP contribution >= 0.6 is 0 Å². The van der Waals surface area contributed by atoms with E-state index in [1.165, 1.54) is 5.56 Å². The van der Waals surface area contributed by atoms with Crippen molar-refractivity contribution in [3.8, 4) is 39.9 Å². The highest BCUT2D eigenvalue weighted by Crippen LogP contribution is 2.50. The Morgan fingerprint density at radius 3 is 2.49 bits per heavy atom. The Labute approximate surface area is 272 Å². The second-order valence-corrected chi connectivity index (χ2v) is 12.8. The molecule has 9 rings (SSSR count). The van der Waals surface area contributed by atoms with Crippen LogP contribution in [0, 0.1) is 5.92 Å². The zero-order chi connectivity index (χ0) is 31.5. The summed E-state index contributed by atoms with van der Waals surface area (Å²) < 4.78 is 17.1. The fourth-order valence-electron chi connectivity index (χ4n) is 7.25. The molecule has 228 valence electrons. The van der Waals surface area contributed by atoms with Crippen molar-refractivity contribution in [3.63, 3.8) is 0 Å². The maximum atomic E-state index is 6.67. The normalized spacial score (nSPS) is 17.7. The van der Waals surface area contributed by atoms with E-state index in [0.717, 1.165) is 61.7 Å². The van der Waals surface area contributed by atoms with Gasteiger partial charge in [0.1, 0.15) is 29.2 Å². The minimum atomic E-state index is -0.0585. The van der Waals surface area contributed by atoms with Crippen LogP contribution in [0.1, 0.15) is 19.4 Å². The molecule has 7 aromatic rings. The second kappa shape index (κ2) is 10.6. The van der Waals surface area contributed by atoms with Crippen LogP contribution in [0.3, 0.4) is 0 Å². The van der Waals surface area contributed by atoms with E-state index < -0.39 is 0 Å². The molecule has 0 saturated heterocycles. The summed E-state index contributed by atoms with van der Waals surface area (Å²) in [5.41, 5.74) is 6.37. The molecule has 3 aromatic heterocycles. The third-order valence-electron chi connectivity index (χ3n) is 9.64.